The van der Waals surface area contributed by atoms with Crippen molar-refractivity contribution in [3.63, 3.8) is 0 Å². The van der Waals surface area contributed by atoms with E-state index in [0.29, 0.717) is 11.8 Å². The summed E-state index contributed by atoms with van der Waals surface area (Å²) in [5.41, 5.74) is 4.94. The number of carbonyl (C=O) groups excluding carboxylic acids is 1. The lowest BCUT2D eigenvalue weighted by Crippen LogP contribution is -2.55. The molecule has 31 heavy (non-hydrogen) atoms. The zero-order valence-electron chi connectivity index (χ0n) is 17.4. The molecule has 0 aromatic carbocycles. The van der Waals surface area contributed by atoms with Crippen LogP contribution in [0.1, 0.15) is 43.6 Å². The number of rotatable bonds is 5. The number of nitrogens with zero attached hydrogens (tertiary/aromatic N) is 4. The van der Waals surface area contributed by atoms with Gasteiger partial charge in [0.25, 0.3) is 5.91 Å². The Kier molecular flexibility index (Phi) is 7.48. The lowest BCUT2D eigenvalue weighted by atomic mass is 10.0. The van der Waals surface area contributed by atoms with Crippen molar-refractivity contribution in [1.29, 1.82) is 0 Å². The van der Waals surface area contributed by atoms with Gasteiger partial charge in [-0.15, -0.1) is 0 Å². The first kappa shape index (κ1) is 24.4. The van der Waals surface area contributed by atoms with Gasteiger partial charge < -0.3 is 15.4 Å². The van der Waals surface area contributed by atoms with Crippen LogP contribution in [0.2, 0.25) is 5.02 Å². The molecule has 2 heterocycles. The standard InChI is InChI=1S/C20H23ClF3N5O2/c1-12(11-31-17-15(21)9-14(10-27-17)20(22,23)24)29(19(2,3)4)18(25)28-16(30)13-5-7-26-8-6-13/h5-10,12H,11H2,1-4H3,(H2,25,28,30)/t12-/m1/s1. The van der Waals surface area contributed by atoms with E-state index >= 15 is 0 Å². The van der Waals surface area contributed by atoms with Crippen LogP contribution in [-0.4, -0.2) is 44.9 Å². The molecule has 1 atom stereocenters. The van der Waals surface area contributed by atoms with Gasteiger partial charge in [-0.05, 0) is 45.9 Å². The van der Waals surface area contributed by atoms with Crippen molar-refractivity contribution >= 4 is 23.5 Å². The van der Waals surface area contributed by atoms with Crippen molar-refractivity contribution in [1.82, 2.24) is 14.9 Å². The molecule has 11 heteroatoms. The summed E-state index contributed by atoms with van der Waals surface area (Å²) in [5.74, 6) is -0.703. The molecule has 0 radical (unpaired) electrons. The SMILES string of the molecule is C[C@H](COc1ncc(C(F)(F)F)cc1Cl)N(C(N)=NC(=O)c1ccncc1)C(C)(C)C. The Hall–Kier alpha value is -2.88. The molecule has 2 rings (SSSR count). The fraction of sp³-hybridized carbons (Fsp3) is 0.400. The first-order valence-electron chi connectivity index (χ1n) is 9.24. The van der Waals surface area contributed by atoms with Crippen LogP contribution in [0.15, 0.2) is 41.8 Å². The van der Waals surface area contributed by atoms with Crippen LogP contribution in [0, 0.1) is 0 Å². The molecule has 2 N–H and O–H groups in total. The van der Waals surface area contributed by atoms with Crippen LogP contribution in [0.5, 0.6) is 5.88 Å². The van der Waals surface area contributed by atoms with Crippen LogP contribution < -0.4 is 10.5 Å². The van der Waals surface area contributed by atoms with Crippen LogP contribution >= 0.6 is 11.6 Å². The fourth-order valence-electron chi connectivity index (χ4n) is 2.91. The molecule has 0 saturated carbocycles. The van der Waals surface area contributed by atoms with E-state index in [0.717, 1.165) is 6.07 Å². The highest BCUT2D eigenvalue weighted by Gasteiger charge is 2.32. The van der Waals surface area contributed by atoms with E-state index in [1.165, 1.54) is 24.5 Å². The average Bonchev–Trinajstić information content (AvgIpc) is 2.65. The summed E-state index contributed by atoms with van der Waals surface area (Å²) in [7, 11) is 0. The molecule has 0 aliphatic heterocycles. The van der Waals surface area contributed by atoms with Gasteiger partial charge in [0.05, 0.1) is 11.6 Å². The summed E-state index contributed by atoms with van der Waals surface area (Å²) in [6, 6.07) is 3.37. The molecule has 0 aliphatic rings. The molecule has 0 bridgehead atoms. The number of amides is 1. The van der Waals surface area contributed by atoms with Crippen LogP contribution in [0.4, 0.5) is 13.2 Å². The maximum absolute atomic E-state index is 12.8. The van der Waals surface area contributed by atoms with Gasteiger partial charge in [-0.2, -0.15) is 18.2 Å². The van der Waals surface area contributed by atoms with Crippen molar-refractivity contribution in [3.05, 3.63) is 52.9 Å². The second kappa shape index (κ2) is 9.51. The third-order valence-electron chi connectivity index (χ3n) is 4.15. The van der Waals surface area contributed by atoms with Gasteiger partial charge >= 0.3 is 6.18 Å². The number of guanidine groups is 1. The smallest absolute Gasteiger partial charge is 0.417 e. The van der Waals surface area contributed by atoms with Crippen LogP contribution in [-0.2, 0) is 6.18 Å². The first-order chi connectivity index (χ1) is 14.3. The number of pyridine rings is 2. The average molecular weight is 458 g/mol. The summed E-state index contributed by atoms with van der Waals surface area (Å²) in [5, 5.41) is -0.265. The van der Waals surface area contributed by atoms with E-state index in [1.807, 2.05) is 20.8 Å². The van der Waals surface area contributed by atoms with Crippen molar-refractivity contribution in [2.45, 2.75) is 45.5 Å². The van der Waals surface area contributed by atoms with Gasteiger partial charge in [-0.3, -0.25) is 9.78 Å². The van der Waals surface area contributed by atoms with Crippen molar-refractivity contribution in [3.8, 4) is 5.88 Å². The Labute approximate surface area is 183 Å². The Bertz CT molecular complexity index is 946. The number of aromatic nitrogens is 2. The Balaban J connectivity index is 2.18. The van der Waals surface area contributed by atoms with Gasteiger partial charge in [-0.25, -0.2) is 4.98 Å². The quantitative estimate of drug-likeness (QED) is 0.535. The third-order valence-corrected chi connectivity index (χ3v) is 4.42. The van der Waals surface area contributed by atoms with E-state index < -0.39 is 29.2 Å². The predicted octanol–water partition coefficient (Wildman–Crippen LogP) is 4.17. The monoisotopic (exact) mass is 457 g/mol. The van der Waals surface area contributed by atoms with Gasteiger partial charge in [0.15, 0.2) is 5.96 Å². The Morgan fingerprint density at radius 2 is 1.90 bits per heavy atom. The fourth-order valence-corrected chi connectivity index (χ4v) is 3.13. The van der Waals surface area contributed by atoms with E-state index in [-0.39, 0.29) is 23.5 Å². The van der Waals surface area contributed by atoms with Crippen molar-refractivity contribution < 1.29 is 22.7 Å². The lowest BCUT2D eigenvalue weighted by Gasteiger charge is -2.40. The minimum atomic E-state index is -4.56. The number of hydrogen-bond donors (Lipinski definition) is 1. The highest BCUT2D eigenvalue weighted by atomic mass is 35.5. The zero-order chi connectivity index (χ0) is 23.4. The summed E-state index contributed by atoms with van der Waals surface area (Å²) >= 11 is 5.89. The molecule has 168 valence electrons. The normalized spacial score (nSPS) is 13.6. The number of carbonyl (C=O) groups is 1. The van der Waals surface area contributed by atoms with Crippen molar-refractivity contribution in [2.75, 3.05) is 6.61 Å². The van der Waals surface area contributed by atoms with Gasteiger partial charge in [-0.1, -0.05) is 11.6 Å². The van der Waals surface area contributed by atoms with Gasteiger partial charge in [0, 0.05) is 29.7 Å². The largest absolute Gasteiger partial charge is 0.474 e. The first-order valence-corrected chi connectivity index (χ1v) is 9.62. The Morgan fingerprint density at radius 3 is 2.42 bits per heavy atom. The lowest BCUT2D eigenvalue weighted by molar-refractivity contribution is -0.137. The molecule has 0 spiro atoms. The number of nitrogens with two attached hydrogens (primary N) is 1. The van der Waals surface area contributed by atoms with Crippen LogP contribution in [0.25, 0.3) is 0 Å². The van der Waals surface area contributed by atoms with Gasteiger partial charge in [0.2, 0.25) is 5.88 Å². The summed E-state index contributed by atoms with van der Waals surface area (Å²) in [6.45, 7) is 7.35. The summed E-state index contributed by atoms with van der Waals surface area (Å²) < 4.78 is 43.8. The minimum absolute atomic E-state index is 0.0188. The van der Waals surface area contributed by atoms with E-state index in [9.17, 15) is 18.0 Å². The molecule has 1 amide bonds. The second-order valence-electron chi connectivity index (χ2n) is 7.72. The molecule has 2 aromatic rings. The number of halogens is 4. The number of hydrogen-bond acceptors (Lipinski definition) is 4. The van der Waals surface area contributed by atoms with Gasteiger partial charge in [0.1, 0.15) is 11.6 Å². The molecule has 2 aromatic heterocycles. The number of ether oxygens (including phenoxy) is 1. The second-order valence-corrected chi connectivity index (χ2v) is 8.13. The number of alkyl halides is 3. The molecular formula is C20H23ClF3N5O2. The highest BCUT2D eigenvalue weighted by Crippen LogP contribution is 2.33. The van der Waals surface area contributed by atoms with E-state index in [1.54, 1.807) is 11.8 Å². The third kappa shape index (κ3) is 6.55. The Morgan fingerprint density at radius 1 is 1.29 bits per heavy atom. The molecule has 0 unspecified atom stereocenters. The molecular weight excluding hydrogens is 435 g/mol. The minimum Gasteiger partial charge on any atom is -0.474 e. The molecule has 0 saturated heterocycles. The van der Waals surface area contributed by atoms with Crippen molar-refractivity contribution in [2.24, 2.45) is 10.7 Å². The maximum atomic E-state index is 12.8. The number of aliphatic imine (C=N–C) groups is 1. The topological polar surface area (TPSA) is 93.7 Å². The summed E-state index contributed by atoms with van der Waals surface area (Å²) in [4.78, 5) is 25.5. The maximum Gasteiger partial charge on any atom is 0.417 e. The van der Waals surface area contributed by atoms with E-state index in [4.69, 9.17) is 22.1 Å². The van der Waals surface area contributed by atoms with E-state index in [2.05, 4.69) is 15.0 Å². The highest BCUT2D eigenvalue weighted by molar-refractivity contribution is 6.31. The zero-order valence-corrected chi connectivity index (χ0v) is 18.2. The van der Waals surface area contributed by atoms with Crippen LogP contribution in [0.3, 0.4) is 0 Å². The molecule has 0 aliphatic carbocycles. The molecule has 0 fully saturated rings. The molecule has 7 nitrogen and oxygen atoms in total. The summed E-state index contributed by atoms with van der Waals surface area (Å²) in [6.07, 6.45) is -0.968. The predicted molar refractivity (Wildman–Crippen MR) is 111 cm³/mol.